The topological polar surface area (TPSA) is 32.3 Å². The van der Waals surface area contributed by atoms with E-state index in [1.165, 1.54) is 23.0 Å². The minimum absolute atomic E-state index is 0.266. The van der Waals surface area contributed by atoms with Gasteiger partial charge >= 0.3 is 0 Å². The largest absolute Gasteiger partial charge is 0.381 e. The molecule has 1 aliphatic heterocycles. The predicted molar refractivity (Wildman–Crippen MR) is 116 cm³/mol. The zero-order valence-electron chi connectivity index (χ0n) is 16.4. The minimum atomic E-state index is -0.266. The molecule has 0 radical (unpaired) electrons. The van der Waals surface area contributed by atoms with Gasteiger partial charge in [0.2, 0.25) is 0 Å². The van der Waals surface area contributed by atoms with Crippen molar-refractivity contribution < 1.29 is 9.18 Å². The molecule has 0 bridgehead atoms. The summed E-state index contributed by atoms with van der Waals surface area (Å²) >= 11 is 0. The summed E-state index contributed by atoms with van der Waals surface area (Å²) in [5, 5.41) is 3.32. The maximum absolute atomic E-state index is 14.2. The summed E-state index contributed by atoms with van der Waals surface area (Å²) in [5.74, 6) is -0.266. The smallest absolute Gasteiger partial charge is 0.128 e. The molecule has 1 heterocycles. The summed E-state index contributed by atoms with van der Waals surface area (Å²) in [7, 11) is 0. The van der Waals surface area contributed by atoms with Crippen LogP contribution in [0.15, 0.2) is 66.7 Å². The Kier molecular flexibility index (Phi) is 5.89. The molecule has 0 spiro atoms. The Balaban J connectivity index is 1.49. The maximum Gasteiger partial charge on any atom is 0.128 e. The number of halogens is 1. The van der Waals surface area contributed by atoms with E-state index in [-0.39, 0.29) is 5.82 Å². The van der Waals surface area contributed by atoms with Gasteiger partial charge in [-0.2, -0.15) is 0 Å². The second-order valence-electron chi connectivity index (χ2n) is 7.42. The number of fused-ring (bicyclic) bond motifs is 1. The molecule has 0 fully saturated rings. The van der Waals surface area contributed by atoms with Gasteiger partial charge in [0, 0.05) is 36.6 Å². The molecule has 0 unspecified atom stereocenters. The van der Waals surface area contributed by atoms with E-state index in [9.17, 15) is 9.18 Å². The van der Waals surface area contributed by atoms with Gasteiger partial charge in [-0.25, -0.2) is 4.39 Å². The first-order valence-corrected chi connectivity index (χ1v) is 10.1. The summed E-state index contributed by atoms with van der Waals surface area (Å²) in [4.78, 5) is 12.9. The van der Waals surface area contributed by atoms with Gasteiger partial charge in [-0.3, -0.25) is 0 Å². The molecule has 1 N–H and O–H groups in total. The third-order valence-corrected chi connectivity index (χ3v) is 5.42. The van der Waals surface area contributed by atoms with Crippen molar-refractivity contribution in [2.24, 2.45) is 0 Å². The Labute approximate surface area is 171 Å². The summed E-state index contributed by atoms with van der Waals surface area (Å²) in [6, 6.07) is 22.2. The maximum atomic E-state index is 14.2. The first-order valence-electron chi connectivity index (χ1n) is 10.1. The van der Waals surface area contributed by atoms with Gasteiger partial charge in [0.05, 0.1) is 0 Å². The van der Waals surface area contributed by atoms with Gasteiger partial charge in [0.15, 0.2) is 0 Å². The van der Waals surface area contributed by atoms with Crippen molar-refractivity contribution in [3.63, 3.8) is 0 Å². The highest BCUT2D eigenvalue weighted by Crippen LogP contribution is 2.34. The van der Waals surface area contributed by atoms with Gasteiger partial charge in [0.1, 0.15) is 12.1 Å². The first-order chi connectivity index (χ1) is 14.2. The lowest BCUT2D eigenvalue weighted by molar-refractivity contribution is -0.107. The molecular weight excluding hydrogens is 363 g/mol. The summed E-state index contributed by atoms with van der Waals surface area (Å²) < 4.78 is 14.2. The van der Waals surface area contributed by atoms with Crippen LogP contribution in [0, 0.1) is 5.82 Å². The molecule has 3 nitrogen and oxygen atoms in total. The standard InChI is InChI=1S/C25H25FN2O/c26-24-17-22(13-12-20(24)7-5-15-29)27-18-19-10-11-21-6-4-14-28(25(21)16-19)23-8-2-1-3-9-23/h1-3,8-13,15-17,27H,4-7,14,18H2. The van der Waals surface area contributed by atoms with Gasteiger partial charge < -0.3 is 15.0 Å². The van der Waals surface area contributed by atoms with Crippen LogP contribution in [0.4, 0.5) is 21.5 Å². The van der Waals surface area contributed by atoms with Crippen molar-refractivity contribution in [1.82, 2.24) is 0 Å². The van der Waals surface area contributed by atoms with E-state index >= 15 is 0 Å². The second-order valence-corrected chi connectivity index (χ2v) is 7.42. The van der Waals surface area contributed by atoms with Crippen molar-refractivity contribution in [2.45, 2.75) is 32.2 Å². The molecule has 1 aliphatic rings. The molecule has 148 valence electrons. The van der Waals surface area contributed by atoms with E-state index in [1.54, 1.807) is 6.07 Å². The molecular formula is C25H25FN2O. The first kappa shape index (κ1) is 19.2. The number of nitrogens with one attached hydrogen (secondary N) is 1. The predicted octanol–water partition coefficient (Wildman–Crippen LogP) is 5.65. The molecule has 0 aliphatic carbocycles. The normalized spacial score (nSPS) is 13.1. The fourth-order valence-electron chi connectivity index (χ4n) is 3.88. The van der Waals surface area contributed by atoms with Crippen molar-refractivity contribution >= 4 is 23.3 Å². The zero-order valence-corrected chi connectivity index (χ0v) is 16.4. The molecule has 0 amide bonds. The van der Waals surface area contributed by atoms with Crippen LogP contribution in [0.1, 0.15) is 29.5 Å². The summed E-state index contributed by atoms with van der Waals surface area (Å²) in [5.41, 5.74) is 6.33. The summed E-state index contributed by atoms with van der Waals surface area (Å²) in [6.45, 7) is 1.64. The molecule has 3 aromatic carbocycles. The Hall–Kier alpha value is -3.14. The fourth-order valence-corrected chi connectivity index (χ4v) is 3.88. The molecule has 4 heteroatoms. The van der Waals surface area contributed by atoms with Crippen LogP contribution in [0.2, 0.25) is 0 Å². The zero-order chi connectivity index (χ0) is 20.1. The molecule has 4 rings (SSSR count). The lowest BCUT2D eigenvalue weighted by atomic mass is 9.98. The minimum Gasteiger partial charge on any atom is -0.381 e. The van der Waals surface area contributed by atoms with Crippen LogP contribution in [0.3, 0.4) is 0 Å². The van der Waals surface area contributed by atoms with E-state index in [4.69, 9.17) is 0 Å². The number of carbonyl (C=O) groups excluding carboxylic acids is 1. The van der Waals surface area contributed by atoms with E-state index in [2.05, 4.69) is 52.7 Å². The number of hydrogen-bond acceptors (Lipinski definition) is 3. The van der Waals surface area contributed by atoms with Gasteiger partial charge in [0.25, 0.3) is 0 Å². The Morgan fingerprint density at radius 2 is 1.90 bits per heavy atom. The third kappa shape index (κ3) is 4.48. The fraction of sp³-hybridized carbons (Fsp3) is 0.240. The molecule has 0 saturated carbocycles. The van der Waals surface area contributed by atoms with Crippen molar-refractivity contribution in [3.8, 4) is 0 Å². The number of carbonyl (C=O) groups is 1. The highest BCUT2D eigenvalue weighted by atomic mass is 19.1. The molecule has 29 heavy (non-hydrogen) atoms. The lowest BCUT2D eigenvalue weighted by Gasteiger charge is -2.32. The van der Waals surface area contributed by atoms with Crippen LogP contribution in [0.25, 0.3) is 0 Å². The SMILES string of the molecule is O=CCCc1ccc(NCc2ccc3c(c2)N(c2ccccc2)CCC3)cc1F. The van der Waals surface area contributed by atoms with Gasteiger partial charge in [-0.05, 0) is 66.3 Å². The van der Waals surface area contributed by atoms with Crippen LogP contribution < -0.4 is 10.2 Å². The number of hydrogen-bond donors (Lipinski definition) is 1. The number of aryl methyl sites for hydroxylation is 2. The molecule has 0 saturated heterocycles. The van der Waals surface area contributed by atoms with Gasteiger partial charge in [-0.1, -0.05) is 36.4 Å². The van der Waals surface area contributed by atoms with Crippen LogP contribution in [-0.2, 0) is 24.2 Å². The highest BCUT2D eigenvalue weighted by Gasteiger charge is 2.18. The molecule has 0 aromatic heterocycles. The second kappa shape index (κ2) is 8.91. The quantitative estimate of drug-likeness (QED) is 0.531. The number of rotatable bonds is 7. The highest BCUT2D eigenvalue weighted by molar-refractivity contribution is 5.68. The average molecular weight is 388 g/mol. The van der Waals surface area contributed by atoms with Crippen LogP contribution in [-0.4, -0.2) is 12.8 Å². The third-order valence-electron chi connectivity index (χ3n) is 5.42. The Bertz CT molecular complexity index is 987. The number of benzene rings is 3. The molecule has 3 aromatic rings. The van der Waals surface area contributed by atoms with Crippen LogP contribution in [0.5, 0.6) is 0 Å². The summed E-state index contributed by atoms with van der Waals surface area (Å²) in [6.07, 6.45) is 3.85. The van der Waals surface area contributed by atoms with Gasteiger partial charge in [-0.15, -0.1) is 0 Å². The van der Waals surface area contributed by atoms with Crippen molar-refractivity contribution in [3.05, 3.63) is 89.2 Å². The van der Waals surface area contributed by atoms with Crippen molar-refractivity contribution in [2.75, 3.05) is 16.8 Å². The number of nitrogens with zero attached hydrogens (tertiary/aromatic N) is 1. The van der Waals surface area contributed by atoms with Crippen LogP contribution >= 0.6 is 0 Å². The lowest BCUT2D eigenvalue weighted by Crippen LogP contribution is -2.24. The Morgan fingerprint density at radius 3 is 2.69 bits per heavy atom. The van der Waals surface area contributed by atoms with E-state index in [0.717, 1.165) is 36.9 Å². The number of aldehydes is 1. The van der Waals surface area contributed by atoms with E-state index in [0.29, 0.717) is 24.9 Å². The van der Waals surface area contributed by atoms with Crippen molar-refractivity contribution in [1.29, 1.82) is 0 Å². The number of anilines is 3. The monoisotopic (exact) mass is 388 g/mol. The Morgan fingerprint density at radius 1 is 1.03 bits per heavy atom. The van der Waals surface area contributed by atoms with E-state index in [1.807, 2.05) is 12.1 Å². The number of para-hydroxylation sites is 1. The molecule has 0 atom stereocenters. The van der Waals surface area contributed by atoms with E-state index < -0.39 is 0 Å². The average Bonchev–Trinajstić information content (AvgIpc) is 2.77.